The van der Waals surface area contributed by atoms with Gasteiger partial charge in [-0.05, 0) is 36.5 Å². The van der Waals surface area contributed by atoms with Crippen LogP contribution in [0.3, 0.4) is 0 Å². The Bertz CT molecular complexity index is 1270. The molecule has 0 radical (unpaired) electrons. The molecule has 2 heterocycles. The van der Waals surface area contributed by atoms with Crippen molar-refractivity contribution in [1.82, 2.24) is 5.32 Å². The number of nitrogens with one attached hydrogen (secondary N) is 1. The number of anilines is 1. The van der Waals surface area contributed by atoms with E-state index in [0.717, 1.165) is 0 Å². The topological polar surface area (TPSA) is 63.9 Å². The number of furan rings is 1. The maximum Gasteiger partial charge on any atom is 0.281 e. The number of para-hydroxylation sites is 2. The molecule has 1 fully saturated rings. The van der Waals surface area contributed by atoms with Crippen LogP contribution in [0.15, 0.2) is 52.6 Å². The molecule has 0 bridgehead atoms. The summed E-state index contributed by atoms with van der Waals surface area (Å²) in [6.45, 7) is -0.521. The number of ether oxygens (including phenoxy) is 2. The Morgan fingerprint density at radius 1 is 1.09 bits per heavy atom. The highest BCUT2D eigenvalue weighted by Crippen LogP contribution is 2.32. The Labute approximate surface area is 190 Å². The van der Waals surface area contributed by atoms with Crippen molar-refractivity contribution in [2.75, 3.05) is 12.0 Å². The summed E-state index contributed by atoms with van der Waals surface area (Å²) in [5, 5.41) is 2.92. The fraction of sp³-hybridized carbons (Fsp3) is 0.0909. The molecule has 2 aromatic carbocycles. The van der Waals surface area contributed by atoms with Crippen molar-refractivity contribution in [2.24, 2.45) is 0 Å². The Morgan fingerprint density at radius 2 is 1.79 bits per heavy atom. The van der Waals surface area contributed by atoms with Gasteiger partial charge >= 0.3 is 0 Å². The van der Waals surface area contributed by atoms with Crippen molar-refractivity contribution >= 4 is 35.0 Å². The van der Waals surface area contributed by atoms with E-state index < -0.39 is 41.5 Å². The Balaban J connectivity index is 1.51. The van der Waals surface area contributed by atoms with Crippen LogP contribution in [0.25, 0.3) is 6.08 Å². The van der Waals surface area contributed by atoms with Crippen molar-refractivity contribution in [1.29, 1.82) is 0 Å². The van der Waals surface area contributed by atoms with E-state index in [0.29, 0.717) is 11.4 Å². The molecule has 6 nitrogen and oxygen atoms in total. The molecule has 1 N–H and O–H groups in total. The quantitative estimate of drug-likeness (QED) is 0.240. The van der Waals surface area contributed by atoms with Crippen molar-refractivity contribution in [2.45, 2.75) is 6.61 Å². The van der Waals surface area contributed by atoms with E-state index in [-0.39, 0.29) is 28.4 Å². The second-order valence-corrected chi connectivity index (χ2v) is 7.08. The average molecular weight is 478 g/mol. The van der Waals surface area contributed by atoms with Crippen LogP contribution in [0.1, 0.15) is 11.5 Å². The molecule has 33 heavy (non-hydrogen) atoms. The minimum atomic E-state index is -1.66. The number of amides is 1. The van der Waals surface area contributed by atoms with Crippen molar-refractivity contribution < 1.29 is 36.2 Å². The molecule has 1 saturated heterocycles. The Morgan fingerprint density at radius 3 is 2.48 bits per heavy atom. The summed E-state index contributed by atoms with van der Waals surface area (Å²) in [5.41, 5.74) is 0.558. The van der Waals surface area contributed by atoms with E-state index >= 15 is 0 Å². The van der Waals surface area contributed by atoms with Crippen molar-refractivity contribution in [3.05, 3.63) is 83.0 Å². The zero-order valence-corrected chi connectivity index (χ0v) is 17.6. The number of halogens is 4. The molecule has 1 aliphatic heterocycles. The number of rotatable bonds is 6. The molecule has 4 rings (SSSR count). The molecule has 0 unspecified atom stereocenters. The molecule has 0 spiro atoms. The third-order valence-corrected chi connectivity index (χ3v) is 4.89. The highest BCUT2D eigenvalue weighted by atomic mass is 32.1. The van der Waals surface area contributed by atoms with Gasteiger partial charge in [-0.25, -0.2) is 13.7 Å². The minimum Gasteiger partial charge on any atom is -0.495 e. The number of hydrogen-bond acceptors (Lipinski definition) is 5. The van der Waals surface area contributed by atoms with E-state index in [9.17, 15) is 22.4 Å². The number of carbonyl (C=O) groups is 1. The van der Waals surface area contributed by atoms with Gasteiger partial charge in [0.25, 0.3) is 5.91 Å². The molecule has 1 aliphatic rings. The SMILES string of the molecule is COc1ccccc1N1C(=O)/C(=C\c2ccc(COc3c(F)c(F)cc(F)c3F)o2)NC1=S. The monoisotopic (exact) mass is 478 g/mol. The summed E-state index contributed by atoms with van der Waals surface area (Å²) >= 11 is 5.26. The Kier molecular flexibility index (Phi) is 6.05. The van der Waals surface area contributed by atoms with Gasteiger partial charge in [0, 0.05) is 12.1 Å². The largest absolute Gasteiger partial charge is 0.495 e. The maximum absolute atomic E-state index is 13.7. The highest BCUT2D eigenvalue weighted by molar-refractivity contribution is 7.80. The van der Waals surface area contributed by atoms with Gasteiger partial charge < -0.3 is 19.2 Å². The molecule has 1 aromatic heterocycles. The zero-order valence-electron chi connectivity index (χ0n) is 16.8. The molecule has 3 aromatic rings. The first-order chi connectivity index (χ1) is 15.8. The lowest BCUT2D eigenvalue weighted by Crippen LogP contribution is -2.30. The van der Waals surface area contributed by atoms with Gasteiger partial charge in [0.05, 0.1) is 12.8 Å². The lowest BCUT2D eigenvalue weighted by molar-refractivity contribution is -0.113. The van der Waals surface area contributed by atoms with Crippen LogP contribution in [-0.4, -0.2) is 18.1 Å². The molecular weight excluding hydrogens is 464 g/mol. The van der Waals surface area contributed by atoms with E-state index in [2.05, 4.69) is 5.32 Å². The summed E-state index contributed by atoms with van der Waals surface area (Å²) in [5.74, 6) is -7.43. The number of benzene rings is 2. The first kappa shape index (κ1) is 22.3. The zero-order chi connectivity index (χ0) is 23.7. The average Bonchev–Trinajstić information content (AvgIpc) is 3.35. The van der Waals surface area contributed by atoms with Gasteiger partial charge in [0.15, 0.2) is 22.5 Å². The van der Waals surface area contributed by atoms with Crippen molar-refractivity contribution in [3.63, 3.8) is 0 Å². The highest BCUT2D eigenvalue weighted by Gasteiger charge is 2.34. The lowest BCUT2D eigenvalue weighted by atomic mass is 10.2. The standard InChI is InChI=1S/C22H14F4N2O4S/c1-30-17-5-3-2-4-16(17)28-21(29)15(27-22(28)33)8-11-6-7-12(32-11)10-31-20-18(25)13(23)9-14(24)19(20)26/h2-9H,10H2,1H3,(H,27,33)/b15-8+. The Hall–Kier alpha value is -3.86. The minimum absolute atomic E-state index is 0.0824. The second kappa shape index (κ2) is 8.94. The predicted molar refractivity (Wildman–Crippen MR) is 114 cm³/mol. The van der Waals surface area contributed by atoms with Crippen LogP contribution in [0.5, 0.6) is 11.5 Å². The van der Waals surface area contributed by atoms with E-state index in [4.69, 9.17) is 26.1 Å². The maximum atomic E-state index is 13.7. The number of carbonyl (C=O) groups excluding carboxylic acids is 1. The van der Waals surface area contributed by atoms with Crippen LogP contribution in [0, 0.1) is 23.3 Å². The van der Waals surface area contributed by atoms with Crippen LogP contribution in [0.2, 0.25) is 0 Å². The number of methoxy groups -OCH3 is 1. The fourth-order valence-electron chi connectivity index (χ4n) is 3.08. The van der Waals surface area contributed by atoms with Crippen molar-refractivity contribution in [3.8, 4) is 11.5 Å². The first-order valence-electron chi connectivity index (χ1n) is 9.34. The third-order valence-electron chi connectivity index (χ3n) is 4.60. The summed E-state index contributed by atoms with van der Waals surface area (Å²) in [6, 6.07) is 9.79. The van der Waals surface area contributed by atoms with Crippen LogP contribution < -0.4 is 19.7 Å². The summed E-state index contributed by atoms with van der Waals surface area (Å²) < 4.78 is 69.6. The number of thiocarbonyl (C=S) groups is 1. The van der Waals surface area contributed by atoms with Crippen LogP contribution in [-0.2, 0) is 11.4 Å². The van der Waals surface area contributed by atoms with Gasteiger partial charge in [0.1, 0.15) is 29.6 Å². The second-order valence-electron chi connectivity index (χ2n) is 6.69. The van der Waals surface area contributed by atoms with Gasteiger partial charge in [-0.2, -0.15) is 8.78 Å². The smallest absolute Gasteiger partial charge is 0.281 e. The fourth-order valence-corrected chi connectivity index (χ4v) is 3.37. The van der Waals surface area contributed by atoms with E-state index in [1.165, 1.54) is 30.2 Å². The lowest BCUT2D eigenvalue weighted by Gasteiger charge is -2.17. The molecule has 0 saturated carbocycles. The summed E-state index contributed by atoms with van der Waals surface area (Å²) in [6.07, 6.45) is 1.37. The van der Waals surface area contributed by atoms with Gasteiger partial charge in [0.2, 0.25) is 11.6 Å². The molecule has 0 aliphatic carbocycles. The molecular formula is C22H14F4N2O4S. The predicted octanol–water partition coefficient (Wildman–Crippen LogP) is 4.69. The summed E-state index contributed by atoms with van der Waals surface area (Å²) in [4.78, 5) is 14.1. The summed E-state index contributed by atoms with van der Waals surface area (Å²) in [7, 11) is 1.47. The van der Waals surface area contributed by atoms with Crippen LogP contribution >= 0.6 is 12.2 Å². The molecule has 170 valence electrons. The molecule has 1 amide bonds. The van der Waals surface area contributed by atoms with E-state index in [1.807, 2.05) is 0 Å². The normalized spacial score (nSPS) is 14.7. The third kappa shape index (κ3) is 4.27. The van der Waals surface area contributed by atoms with E-state index in [1.54, 1.807) is 24.3 Å². The van der Waals surface area contributed by atoms with Gasteiger partial charge in [-0.3, -0.25) is 4.79 Å². The van der Waals surface area contributed by atoms with Gasteiger partial charge in [-0.1, -0.05) is 12.1 Å². The molecule has 11 heteroatoms. The number of hydrogen-bond donors (Lipinski definition) is 1. The molecule has 0 atom stereocenters. The first-order valence-corrected chi connectivity index (χ1v) is 9.75. The van der Waals surface area contributed by atoms with Crippen LogP contribution in [0.4, 0.5) is 23.2 Å². The van der Waals surface area contributed by atoms with Gasteiger partial charge in [-0.15, -0.1) is 0 Å². The number of nitrogens with zero attached hydrogens (tertiary/aromatic N) is 1.